The van der Waals surface area contributed by atoms with E-state index in [1.807, 2.05) is 0 Å². The minimum Gasteiger partial charge on any atom is -0.327 e. The van der Waals surface area contributed by atoms with Crippen LogP contribution < -0.4 is 0 Å². The van der Waals surface area contributed by atoms with E-state index in [0.29, 0.717) is 0 Å². The molecular weight excluding hydrogens is 215 g/mol. The van der Waals surface area contributed by atoms with Crippen molar-refractivity contribution in [1.29, 1.82) is 0 Å². The molecule has 0 aromatic carbocycles. The third kappa shape index (κ3) is 5.62. The van der Waals surface area contributed by atoms with Crippen LogP contribution in [0.2, 0.25) is 0 Å². The summed E-state index contributed by atoms with van der Waals surface area (Å²) in [4.78, 5) is 9.10. The van der Waals surface area contributed by atoms with Crippen LogP contribution in [0.1, 0.15) is 25.7 Å². The summed E-state index contributed by atoms with van der Waals surface area (Å²) in [5, 5.41) is 0. The van der Waals surface area contributed by atoms with Gasteiger partial charge < -0.3 is 4.89 Å². The first-order valence-electron chi connectivity index (χ1n) is 3.98. The summed E-state index contributed by atoms with van der Waals surface area (Å²) in [6, 6.07) is 0. The fourth-order valence-corrected chi connectivity index (χ4v) is 3.14. The Bertz CT molecular complexity index is 105. The zero-order valence-electron chi connectivity index (χ0n) is 6.77. The Hall–Kier alpha value is 1.01. The van der Waals surface area contributed by atoms with Crippen molar-refractivity contribution in [1.82, 2.24) is 0 Å². The maximum atomic E-state index is 9.10. The predicted octanol–water partition coefficient (Wildman–Crippen LogP) is 3.11. The topological polar surface area (TPSA) is 38.7 Å². The molecule has 1 aliphatic heterocycles. The Balaban J connectivity index is 2.13. The molecule has 0 radical (unpaired) electrons. The van der Waals surface area contributed by atoms with Gasteiger partial charge in [0.2, 0.25) is 0 Å². The Kier molecular flexibility index (Phi) is 6.85. The molecule has 1 heterocycles. The molecule has 0 spiro atoms. The third-order valence-electron chi connectivity index (χ3n) is 1.44. The van der Waals surface area contributed by atoms with Gasteiger partial charge in [-0.2, -0.15) is 0 Å². The maximum Gasteiger partial charge on any atom is 0.354 e. The molecule has 3 nitrogen and oxygen atoms in total. The van der Waals surface area contributed by atoms with Crippen molar-refractivity contribution in [3.8, 4) is 0 Å². The first kappa shape index (κ1) is 11.1. The molecule has 1 N–H and O–H groups in total. The molecule has 72 valence electrons. The summed E-state index contributed by atoms with van der Waals surface area (Å²) in [7, 11) is -1.65. The Labute approximate surface area is 83.0 Å². The Morgan fingerprint density at radius 2 is 1.42 bits per heavy atom. The lowest BCUT2D eigenvalue weighted by Crippen LogP contribution is -1.82. The first-order chi connectivity index (χ1) is 5.89. The van der Waals surface area contributed by atoms with Crippen LogP contribution in [0.3, 0.4) is 0 Å². The highest BCUT2D eigenvalue weighted by molar-refractivity contribution is 8.00. The summed E-state index contributed by atoms with van der Waals surface area (Å²) in [5.41, 5.74) is 0. The van der Waals surface area contributed by atoms with Crippen molar-refractivity contribution in [2.45, 2.75) is 25.7 Å². The van der Waals surface area contributed by atoms with Gasteiger partial charge in [0.25, 0.3) is 0 Å². The van der Waals surface area contributed by atoms with E-state index in [9.17, 15) is 0 Å². The van der Waals surface area contributed by atoms with E-state index < -0.39 is 8.60 Å². The summed E-state index contributed by atoms with van der Waals surface area (Å²) in [6.07, 6.45) is 4.83. The monoisotopic (exact) mass is 228 g/mol. The zero-order valence-corrected chi connectivity index (χ0v) is 9.30. The minimum absolute atomic E-state index is 0.952. The van der Waals surface area contributed by atoms with Crippen molar-refractivity contribution in [3.05, 3.63) is 0 Å². The van der Waals surface area contributed by atoms with Crippen LogP contribution in [-0.4, -0.2) is 16.4 Å². The van der Waals surface area contributed by atoms with Gasteiger partial charge in [0, 0.05) is 35.6 Å². The van der Waals surface area contributed by atoms with Gasteiger partial charge in [-0.05, 0) is 12.8 Å². The van der Waals surface area contributed by atoms with Crippen molar-refractivity contribution < 1.29 is 12.8 Å². The van der Waals surface area contributed by atoms with Crippen molar-refractivity contribution in [3.63, 3.8) is 0 Å². The maximum absolute atomic E-state index is 9.10. The highest BCUT2D eigenvalue weighted by Crippen LogP contribution is 2.42. The molecule has 0 saturated carbocycles. The molecule has 12 heavy (non-hydrogen) atoms. The summed E-state index contributed by atoms with van der Waals surface area (Å²) in [6.45, 7) is 0. The third-order valence-corrected chi connectivity index (χ3v) is 4.21. The number of rotatable bonds is 0. The summed E-state index contributed by atoms with van der Waals surface area (Å²) in [5.74, 6) is 1.90. The molecule has 1 aliphatic rings. The molecule has 1 fully saturated rings. The smallest absolute Gasteiger partial charge is 0.327 e. The average molecular weight is 228 g/mol. The normalized spacial score (nSPS) is 24.8. The molecule has 0 atom stereocenters. The Morgan fingerprint density at radius 1 is 0.917 bits per heavy atom. The number of hydrogen-bond donors (Lipinski definition) is 1. The van der Waals surface area contributed by atoms with Gasteiger partial charge in [-0.15, -0.1) is 0 Å². The molecule has 0 amide bonds. The van der Waals surface area contributed by atoms with Crippen LogP contribution in [0.5, 0.6) is 0 Å². The SMILES string of the molecule is OP1OSCCCCCCSO1. The molecule has 1 saturated heterocycles. The Morgan fingerprint density at radius 3 is 1.92 bits per heavy atom. The van der Waals surface area contributed by atoms with E-state index in [1.165, 1.54) is 49.8 Å². The van der Waals surface area contributed by atoms with E-state index in [0.717, 1.165) is 11.5 Å². The molecule has 0 unspecified atom stereocenters. The summed E-state index contributed by atoms with van der Waals surface area (Å²) < 4.78 is 9.94. The fourth-order valence-electron chi connectivity index (χ4n) is 0.853. The van der Waals surface area contributed by atoms with Crippen LogP contribution >= 0.6 is 32.7 Å². The van der Waals surface area contributed by atoms with Gasteiger partial charge in [-0.25, -0.2) is 7.94 Å². The molecule has 0 aliphatic carbocycles. The van der Waals surface area contributed by atoms with E-state index in [1.54, 1.807) is 0 Å². The van der Waals surface area contributed by atoms with Crippen molar-refractivity contribution >= 4 is 32.7 Å². The second-order valence-corrected chi connectivity index (χ2v) is 5.40. The molecular formula is C6H13O3PS2. The summed E-state index contributed by atoms with van der Waals surface area (Å²) >= 11 is 2.62. The van der Waals surface area contributed by atoms with Gasteiger partial charge in [0.05, 0.1) is 0 Å². The lowest BCUT2D eigenvalue weighted by molar-refractivity contribution is 0.430. The first-order valence-corrected chi connectivity index (χ1v) is 6.93. The molecule has 0 bridgehead atoms. The number of hydrogen-bond acceptors (Lipinski definition) is 5. The van der Waals surface area contributed by atoms with Gasteiger partial charge >= 0.3 is 8.60 Å². The average Bonchev–Trinajstić information content (AvgIpc) is 2.11. The van der Waals surface area contributed by atoms with Crippen LogP contribution in [0.15, 0.2) is 0 Å². The van der Waals surface area contributed by atoms with Crippen molar-refractivity contribution in [2.75, 3.05) is 11.5 Å². The fraction of sp³-hybridized carbons (Fsp3) is 1.00. The van der Waals surface area contributed by atoms with Gasteiger partial charge in [0.1, 0.15) is 0 Å². The standard InChI is InChI=1S/C6H13O3PS2/c7-10-8-11-5-3-1-2-4-6-12-9-10/h7H,1-6H2. The van der Waals surface area contributed by atoms with E-state index in [2.05, 4.69) is 0 Å². The lowest BCUT2D eigenvalue weighted by Gasteiger charge is -2.05. The molecule has 0 aromatic rings. The van der Waals surface area contributed by atoms with E-state index >= 15 is 0 Å². The van der Waals surface area contributed by atoms with Crippen molar-refractivity contribution in [2.24, 2.45) is 0 Å². The van der Waals surface area contributed by atoms with Gasteiger partial charge in [-0.1, -0.05) is 12.8 Å². The predicted molar refractivity (Wildman–Crippen MR) is 54.7 cm³/mol. The highest BCUT2D eigenvalue weighted by atomic mass is 32.2. The van der Waals surface area contributed by atoms with Gasteiger partial charge in [0.15, 0.2) is 0 Å². The van der Waals surface area contributed by atoms with Gasteiger partial charge in [-0.3, -0.25) is 0 Å². The minimum atomic E-state index is -1.65. The zero-order chi connectivity index (χ0) is 8.65. The van der Waals surface area contributed by atoms with E-state index in [-0.39, 0.29) is 0 Å². The van der Waals surface area contributed by atoms with E-state index in [4.69, 9.17) is 12.8 Å². The largest absolute Gasteiger partial charge is 0.354 e. The van der Waals surface area contributed by atoms with Crippen LogP contribution in [0, 0.1) is 0 Å². The molecule has 0 aromatic heterocycles. The van der Waals surface area contributed by atoms with Crippen LogP contribution in [0.4, 0.5) is 0 Å². The van der Waals surface area contributed by atoms with Crippen LogP contribution in [0.25, 0.3) is 0 Å². The molecule has 6 heteroatoms. The van der Waals surface area contributed by atoms with Crippen LogP contribution in [-0.2, 0) is 7.94 Å². The second kappa shape index (κ2) is 7.42. The quantitative estimate of drug-likeness (QED) is 0.509. The lowest BCUT2D eigenvalue weighted by atomic mass is 10.2. The highest BCUT2D eigenvalue weighted by Gasteiger charge is 2.08. The molecule has 1 rings (SSSR count). The second-order valence-electron chi connectivity index (χ2n) is 2.45.